The number of carbonyl (C=O) groups excluding carboxylic acids is 1. The Hall–Kier alpha value is -3.18. The molecule has 3 aromatic carbocycles. The monoisotopic (exact) mass is 430 g/mol. The molecule has 0 aliphatic carbocycles. The molecule has 0 fully saturated rings. The number of ether oxygens (including phenoxy) is 1. The van der Waals surface area contributed by atoms with Crippen molar-refractivity contribution in [3.8, 4) is 5.75 Å². The summed E-state index contributed by atoms with van der Waals surface area (Å²) in [4.78, 5) is 20.0. The fraction of sp³-hybridized carbons (Fsp3) is 0.231. The first-order valence-corrected chi connectivity index (χ1v) is 11.3. The molecule has 1 amide bonds. The van der Waals surface area contributed by atoms with Crippen molar-refractivity contribution in [3.05, 3.63) is 89.0 Å². The van der Waals surface area contributed by atoms with E-state index in [1.165, 1.54) is 22.5 Å². The summed E-state index contributed by atoms with van der Waals surface area (Å²) < 4.78 is 6.64. The molecular formula is C26H26N2O2S. The summed E-state index contributed by atoms with van der Waals surface area (Å²) in [5.74, 6) is 0.859. The molecule has 0 N–H and O–H groups in total. The molecule has 5 heteroatoms. The first-order chi connectivity index (χ1) is 15.0. The van der Waals surface area contributed by atoms with Crippen LogP contribution in [0.25, 0.3) is 10.2 Å². The van der Waals surface area contributed by atoms with Crippen LogP contribution in [0, 0.1) is 13.8 Å². The first kappa shape index (κ1) is 21.1. The molecule has 1 heterocycles. The van der Waals surface area contributed by atoms with Crippen molar-refractivity contribution in [2.24, 2.45) is 0 Å². The topological polar surface area (TPSA) is 42.4 Å². The van der Waals surface area contributed by atoms with E-state index in [1.807, 2.05) is 61.5 Å². The van der Waals surface area contributed by atoms with Crippen molar-refractivity contribution in [1.82, 2.24) is 4.98 Å². The molecule has 4 nitrogen and oxygen atoms in total. The molecule has 0 spiro atoms. The van der Waals surface area contributed by atoms with Crippen molar-refractivity contribution >= 4 is 32.6 Å². The maximum atomic E-state index is 13.4. The Labute approximate surface area is 187 Å². The Balaban J connectivity index is 1.67. The maximum absolute atomic E-state index is 13.4. The molecule has 0 aliphatic heterocycles. The Bertz CT molecular complexity index is 1200. The highest BCUT2D eigenvalue weighted by Crippen LogP contribution is 2.32. The number of hydrogen-bond donors (Lipinski definition) is 0. The van der Waals surface area contributed by atoms with Gasteiger partial charge < -0.3 is 4.74 Å². The van der Waals surface area contributed by atoms with Crippen LogP contribution >= 0.6 is 11.3 Å². The highest BCUT2D eigenvalue weighted by molar-refractivity contribution is 7.22. The van der Waals surface area contributed by atoms with Crippen LogP contribution in [0.1, 0.15) is 29.2 Å². The minimum atomic E-state index is 0.0381. The van der Waals surface area contributed by atoms with Gasteiger partial charge in [-0.2, -0.15) is 0 Å². The molecule has 0 saturated carbocycles. The van der Waals surface area contributed by atoms with Gasteiger partial charge in [-0.25, -0.2) is 4.98 Å². The van der Waals surface area contributed by atoms with Crippen LogP contribution in [-0.4, -0.2) is 17.5 Å². The van der Waals surface area contributed by atoms with E-state index in [2.05, 4.69) is 26.0 Å². The summed E-state index contributed by atoms with van der Waals surface area (Å²) in [6, 6.07) is 22.1. The zero-order valence-corrected chi connectivity index (χ0v) is 18.9. The largest absolute Gasteiger partial charge is 0.494 e. The Morgan fingerprint density at radius 3 is 2.52 bits per heavy atom. The maximum Gasteiger partial charge on any atom is 0.233 e. The van der Waals surface area contributed by atoms with Gasteiger partial charge in [0.2, 0.25) is 5.91 Å². The first-order valence-electron chi connectivity index (χ1n) is 10.5. The molecule has 0 bridgehead atoms. The Morgan fingerprint density at radius 2 is 1.77 bits per heavy atom. The van der Waals surface area contributed by atoms with Crippen molar-refractivity contribution in [1.29, 1.82) is 0 Å². The molecule has 0 radical (unpaired) electrons. The molecule has 4 rings (SSSR count). The zero-order valence-electron chi connectivity index (χ0n) is 18.1. The van der Waals surface area contributed by atoms with Gasteiger partial charge in [0.25, 0.3) is 0 Å². The number of aryl methyl sites for hydroxylation is 2. The SMILES string of the molecule is CCOc1ccc2nc(N(Cc3ccccc3)C(=O)Cc3ccc(C)c(C)c3)sc2c1. The molecule has 0 atom stereocenters. The molecular weight excluding hydrogens is 404 g/mol. The van der Waals surface area contributed by atoms with E-state index in [-0.39, 0.29) is 5.91 Å². The van der Waals surface area contributed by atoms with Crippen LogP contribution in [0.3, 0.4) is 0 Å². The predicted octanol–water partition coefficient (Wildman–Crippen LogP) is 6.09. The summed E-state index contributed by atoms with van der Waals surface area (Å²) in [7, 11) is 0. The van der Waals surface area contributed by atoms with Gasteiger partial charge >= 0.3 is 0 Å². The number of nitrogens with zero attached hydrogens (tertiary/aromatic N) is 2. The predicted molar refractivity (Wildman–Crippen MR) is 128 cm³/mol. The van der Waals surface area contributed by atoms with E-state index in [9.17, 15) is 4.79 Å². The van der Waals surface area contributed by atoms with Crippen LogP contribution in [-0.2, 0) is 17.8 Å². The number of amides is 1. The smallest absolute Gasteiger partial charge is 0.233 e. The molecule has 0 unspecified atom stereocenters. The summed E-state index contributed by atoms with van der Waals surface area (Å²) in [5, 5.41) is 0.710. The van der Waals surface area contributed by atoms with Gasteiger partial charge in [-0.3, -0.25) is 9.69 Å². The van der Waals surface area contributed by atoms with Gasteiger partial charge in [-0.15, -0.1) is 0 Å². The van der Waals surface area contributed by atoms with E-state index in [4.69, 9.17) is 9.72 Å². The number of aromatic nitrogens is 1. The second-order valence-electron chi connectivity index (χ2n) is 7.62. The summed E-state index contributed by atoms with van der Waals surface area (Å²) in [6.45, 7) is 7.23. The van der Waals surface area contributed by atoms with Crippen LogP contribution in [0.4, 0.5) is 5.13 Å². The molecule has 31 heavy (non-hydrogen) atoms. The average molecular weight is 431 g/mol. The number of fused-ring (bicyclic) bond motifs is 1. The molecule has 0 aliphatic rings. The molecule has 158 valence electrons. The lowest BCUT2D eigenvalue weighted by atomic mass is 10.0. The zero-order chi connectivity index (χ0) is 21.8. The highest BCUT2D eigenvalue weighted by atomic mass is 32.1. The average Bonchev–Trinajstić information content (AvgIpc) is 3.18. The lowest BCUT2D eigenvalue weighted by molar-refractivity contribution is -0.118. The second kappa shape index (κ2) is 9.31. The number of carbonyl (C=O) groups is 1. The quantitative estimate of drug-likeness (QED) is 0.356. The van der Waals surface area contributed by atoms with Gasteiger partial charge in [0.05, 0.1) is 29.8 Å². The third-order valence-corrected chi connectivity index (χ3v) is 6.34. The van der Waals surface area contributed by atoms with Crippen LogP contribution in [0.15, 0.2) is 66.7 Å². The molecule has 4 aromatic rings. The van der Waals surface area contributed by atoms with Crippen molar-refractivity contribution in [3.63, 3.8) is 0 Å². The van der Waals surface area contributed by atoms with Crippen molar-refractivity contribution in [2.75, 3.05) is 11.5 Å². The third-order valence-electron chi connectivity index (χ3n) is 5.30. The van der Waals surface area contributed by atoms with Crippen molar-refractivity contribution in [2.45, 2.75) is 33.7 Å². The fourth-order valence-corrected chi connectivity index (χ4v) is 4.49. The van der Waals surface area contributed by atoms with Gasteiger partial charge in [-0.05, 0) is 61.2 Å². The summed E-state index contributed by atoms with van der Waals surface area (Å²) in [5.41, 5.74) is 5.40. The van der Waals surface area contributed by atoms with Gasteiger partial charge in [-0.1, -0.05) is 59.9 Å². The lowest BCUT2D eigenvalue weighted by Crippen LogP contribution is -2.31. The van der Waals surface area contributed by atoms with E-state index < -0.39 is 0 Å². The van der Waals surface area contributed by atoms with Gasteiger partial charge in [0.1, 0.15) is 5.75 Å². The fourth-order valence-electron chi connectivity index (χ4n) is 3.48. The van der Waals surface area contributed by atoms with E-state index in [0.717, 1.165) is 27.1 Å². The summed E-state index contributed by atoms with van der Waals surface area (Å²) in [6.07, 6.45) is 0.341. The van der Waals surface area contributed by atoms with E-state index in [0.29, 0.717) is 24.7 Å². The lowest BCUT2D eigenvalue weighted by Gasteiger charge is -2.20. The number of hydrogen-bond acceptors (Lipinski definition) is 4. The minimum Gasteiger partial charge on any atom is -0.494 e. The van der Waals surface area contributed by atoms with Crippen LogP contribution in [0.5, 0.6) is 5.75 Å². The standard InChI is InChI=1S/C26H26N2O2S/c1-4-30-22-12-13-23-24(16-22)31-26(27-23)28(17-20-8-6-5-7-9-20)25(29)15-21-11-10-18(2)19(3)14-21/h5-14,16H,4,15,17H2,1-3H3. The van der Waals surface area contributed by atoms with E-state index >= 15 is 0 Å². The Morgan fingerprint density at radius 1 is 0.968 bits per heavy atom. The van der Waals surface area contributed by atoms with E-state index in [1.54, 1.807) is 4.90 Å². The van der Waals surface area contributed by atoms with Crippen LogP contribution in [0.2, 0.25) is 0 Å². The number of anilines is 1. The number of benzene rings is 3. The number of thiazole rings is 1. The van der Waals surface area contributed by atoms with Gasteiger partial charge in [0, 0.05) is 0 Å². The van der Waals surface area contributed by atoms with Crippen LogP contribution < -0.4 is 9.64 Å². The molecule has 1 aromatic heterocycles. The van der Waals surface area contributed by atoms with Gasteiger partial charge in [0.15, 0.2) is 5.13 Å². The second-order valence-corrected chi connectivity index (χ2v) is 8.63. The normalized spacial score (nSPS) is 10.9. The number of rotatable bonds is 7. The minimum absolute atomic E-state index is 0.0381. The molecule has 0 saturated heterocycles. The Kier molecular flexibility index (Phi) is 6.33. The third kappa shape index (κ3) is 4.94. The highest BCUT2D eigenvalue weighted by Gasteiger charge is 2.21. The van der Waals surface area contributed by atoms with Crippen molar-refractivity contribution < 1.29 is 9.53 Å². The summed E-state index contributed by atoms with van der Waals surface area (Å²) >= 11 is 1.52.